The Morgan fingerprint density at radius 3 is 2.06 bits per heavy atom. The molecule has 0 saturated heterocycles. The molecule has 1 aromatic rings. The first kappa shape index (κ1) is 13.5. The molecule has 2 heteroatoms. The Morgan fingerprint density at radius 1 is 1.06 bits per heavy atom. The molecule has 0 amide bonds. The second-order valence-electron chi connectivity index (χ2n) is 6.27. The summed E-state index contributed by atoms with van der Waals surface area (Å²) in [6.45, 7) is 6.38. The summed E-state index contributed by atoms with van der Waals surface area (Å²) >= 11 is 0. The highest BCUT2D eigenvalue weighted by Crippen LogP contribution is 2.43. The van der Waals surface area contributed by atoms with Gasteiger partial charge in [0.2, 0.25) is 0 Å². The summed E-state index contributed by atoms with van der Waals surface area (Å²) in [6, 6.07) is 6.28. The van der Waals surface area contributed by atoms with Crippen LogP contribution in [-0.2, 0) is 5.60 Å². The zero-order chi connectivity index (χ0) is 13.3. The molecule has 1 nitrogen and oxygen atoms in total. The van der Waals surface area contributed by atoms with Crippen LogP contribution in [0.2, 0.25) is 0 Å². The van der Waals surface area contributed by atoms with E-state index in [1.807, 2.05) is 6.92 Å². The Balaban J connectivity index is 2.21. The van der Waals surface area contributed by atoms with Gasteiger partial charge in [-0.15, -0.1) is 0 Å². The van der Waals surface area contributed by atoms with Crippen LogP contribution < -0.4 is 0 Å². The lowest BCUT2D eigenvalue weighted by Crippen LogP contribution is -2.37. The van der Waals surface area contributed by atoms with Crippen LogP contribution in [0.3, 0.4) is 0 Å². The molecular formula is C16H23FO. The minimum Gasteiger partial charge on any atom is -0.385 e. The Hall–Kier alpha value is -0.890. The van der Waals surface area contributed by atoms with Gasteiger partial charge in [-0.1, -0.05) is 26.0 Å². The first-order valence-corrected chi connectivity index (χ1v) is 6.88. The summed E-state index contributed by atoms with van der Waals surface area (Å²) in [5.74, 6) is 1.33. The van der Waals surface area contributed by atoms with E-state index < -0.39 is 5.60 Å². The van der Waals surface area contributed by atoms with Gasteiger partial charge in [-0.2, -0.15) is 0 Å². The zero-order valence-corrected chi connectivity index (χ0v) is 11.5. The van der Waals surface area contributed by atoms with Crippen molar-refractivity contribution < 1.29 is 9.50 Å². The summed E-state index contributed by atoms with van der Waals surface area (Å²) in [4.78, 5) is 0. The lowest BCUT2D eigenvalue weighted by molar-refractivity contribution is -0.0387. The molecule has 3 unspecified atom stereocenters. The zero-order valence-electron chi connectivity index (χ0n) is 11.5. The second kappa shape index (κ2) is 5.00. The molecule has 1 saturated carbocycles. The number of benzene rings is 1. The molecule has 1 fully saturated rings. The van der Waals surface area contributed by atoms with E-state index in [4.69, 9.17) is 0 Å². The molecule has 0 heterocycles. The average Bonchev–Trinajstić information content (AvgIpc) is 2.28. The van der Waals surface area contributed by atoms with Crippen molar-refractivity contribution in [3.63, 3.8) is 0 Å². The van der Waals surface area contributed by atoms with Gasteiger partial charge >= 0.3 is 0 Å². The lowest BCUT2D eigenvalue weighted by atomic mass is 9.68. The second-order valence-corrected chi connectivity index (χ2v) is 6.27. The molecule has 1 aliphatic carbocycles. The topological polar surface area (TPSA) is 20.2 Å². The van der Waals surface area contributed by atoms with Gasteiger partial charge in [0.25, 0.3) is 0 Å². The van der Waals surface area contributed by atoms with E-state index in [0.717, 1.165) is 18.4 Å². The lowest BCUT2D eigenvalue weighted by Gasteiger charge is -2.40. The molecule has 3 atom stereocenters. The molecule has 1 aliphatic rings. The molecule has 0 radical (unpaired) electrons. The van der Waals surface area contributed by atoms with Crippen LogP contribution in [0, 0.1) is 23.6 Å². The number of rotatable bonds is 2. The van der Waals surface area contributed by atoms with E-state index in [1.54, 1.807) is 12.1 Å². The van der Waals surface area contributed by atoms with Crippen molar-refractivity contribution in [1.82, 2.24) is 0 Å². The molecule has 0 bridgehead atoms. The van der Waals surface area contributed by atoms with Crippen molar-refractivity contribution in [3.05, 3.63) is 35.6 Å². The quantitative estimate of drug-likeness (QED) is 0.837. The van der Waals surface area contributed by atoms with Crippen LogP contribution in [0.4, 0.5) is 4.39 Å². The summed E-state index contributed by atoms with van der Waals surface area (Å²) in [5.41, 5.74) is -0.0217. The standard InChI is InChI=1S/C16H23FO/c1-11-8-12(2)10-14(9-11)16(3,18)13-4-6-15(17)7-5-13/h4-7,11-12,14,18H,8-10H2,1-3H3. The Kier molecular flexibility index (Phi) is 3.76. The molecule has 0 aromatic heterocycles. The minimum absolute atomic E-state index is 0.250. The molecule has 1 N–H and O–H groups in total. The smallest absolute Gasteiger partial charge is 0.123 e. The summed E-state index contributed by atoms with van der Waals surface area (Å²) in [5, 5.41) is 10.8. The van der Waals surface area contributed by atoms with Gasteiger partial charge in [0, 0.05) is 0 Å². The van der Waals surface area contributed by atoms with Crippen molar-refractivity contribution in [2.75, 3.05) is 0 Å². The molecular weight excluding hydrogens is 227 g/mol. The van der Waals surface area contributed by atoms with Crippen LogP contribution in [0.1, 0.15) is 45.6 Å². The third-order valence-corrected chi connectivity index (χ3v) is 4.40. The van der Waals surface area contributed by atoms with E-state index in [-0.39, 0.29) is 11.7 Å². The van der Waals surface area contributed by atoms with Gasteiger partial charge in [-0.3, -0.25) is 0 Å². The average molecular weight is 250 g/mol. The third kappa shape index (κ3) is 2.74. The van der Waals surface area contributed by atoms with E-state index in [0.29, 0.717) is 11.8 Å². The SMILES string of the molecule is CC1CC(C)CC(C(C)(O)c2ccc(F)cc2)C1. The van der Waals surface area contributed by atoms with Crippen LogP contribution >= 0.6 is 0 Å². The van der Waals surface area contributed by atoms with Crippen LogP contribution in [0.25, 0.3) is 0 Å². The Bertz CT molecular complexity index is 386. The third-order valence-electron chi connectivity index (χ3n) is 4.40. The monoisotopic (exact) mass is 250 g/mol. The van der Waals surface area contributed by atoms with Gasteiger partial charge < -0.3 is 5.11 Å². The predicted molar refractivity (Wildman–Crippen MR) is 71.6 cm³/mol. The van der Waals surface area contributed by atoms with Crippen molar-refractivity contribution in [1.29, 1.82) is 0 Å². The molecule has 0 spiro atoms. The normalized spacial score (nSPS) is 31.9. The summed E-state index contributed by atoms with van der Waals surface area (Å²) in [6.07, 6.45) is 3.35. The van der Waals surface area contributed by atoms with Crippen molar-refractivity contribution in [3.8, 4) is 0 Å². The van der Waals surface area contributed by atoms with Gasteiger partial charge in [-0.05, 0) is 61.6 Å². The largest absolute Gasteiger partial charge is 0.385 e. The van der Waals surface area contributed by atoms with E-state index in [9.17, 15) is 9.50 Å². The number of halogens is 1. The van der Waals surface area contributed by atoms with Gasteiger partial charge in [0.05, 0.1) is 5.60 Å². The fraction of sp³-hybridized carbons (Fsp3) is 0.625. The Morgan fingerprint density at radius 2 is 1.56 bits per heavy atom. The maximum absolute atomic E-state index is 13.0. The number of hydrogen-bond acceptors (Lipinski definition) is 1. The fourth-order valence-corrected chi connectivity index (χ4v) is 3.43. The van der Waals surface area contributed by atoms with Crippen molar-refractivity contribution >= 4 is 0 Å². The molecule has 2 rings (SSSR count). The molecule has 100 valence electrons. The highest BCUT2D eigenvalue weighted by molar-refractivity contribution is 5.23. The first-order valence-electron chi connectivity index (χ1n) is 6.88. The highest BCUT2D eigenvalue weighted by atomic mass is 19.1. The molecule has 0 aliphatic heterocycles. The molecule has 18 heavy (non-hydrogen) atoms. The van der Waals surface area contributed by atoms with E-state index in [1.165, 1.54) is 18.6 Å². The fourth-order valence-electron chi connectivity index (χ4n) is 3.43. The van der Waals surface area contributed by atoms with Crippen LogP contribution in [0.5, 0.6) is 0 Å². The van der Waals surface area contributed by atoms with E-state index >= 15 is 0 Å². The van der Waals surface area contributed by atoms with Crippen molar-refractivity contribution in [2.45, 2.75) is 45.6 Å². The molecule has 1 aromatic carbocycles. The minimum atomic E-state index is -0.851. The number of aliphatic hydroxyl groups is 1. The van der Waals surface area contributed by atoms with Crippen LogP contribution in [-0.4, -0.2) is 5.11 Å². The van der Waals surface area contributed by atoms with Gasteiger partial charge in [0.15, 0.2) is 0 Å². The highest BCUT2D eigenvalue weighted by Gasteiger charge is 2.38. The van der Waals surface area contributed by atoms with Gasteiger partial charge in [-0.25, -0.2) is 4.39 Å². The van der Waals surface area contributed by atoms with E-state index in [2.05, 4.69) is 13.8 Å². The maximum Gasteiger partial charge on any atom is 0.123 e. The summed E-state index contributed by atoms with van der Waals surface area (Å²) < 4.78 is 13.0. The maximum atomic E-state index is 13.0. The predicted octanol–water partition coefficient (Wildman–Crippen LogP) is 4.11. The Labute approximate surface area is 109 Å². The van der Waals surface area contributed by atoms with Crippen molar-refractivity contribution in [2.24, 2.45) is 17.8 Å². The van der Waals surface area contributed by atoms with Crippen LogP contribution in [0.15, 0.2) is 24.3 Å². The van der Waals surface area contributed by atoms with Gasteiger partial charge in [0.1, 0.15) is 5.82 Å². The number of hydrogen-bond donors (Lipinski definition) is 1. The first-order chi connectivity index (χ1) is 8.39. The summed E-state index contributed by atoms with van der Waals surface area (Å²) in [7, 11) is 0.